The molecule has 0 aliphatic heterocycles. The zero-order valence-corrected chi connectivity index (χ0v) is 22.6. The second-order valence-corrected chi connectivity index (χ2v) is 7.93. The van der Waals surface area contributed by atoms with Crippen molar-refractivity contribution in [3.05, 3.63) is 65.8 Å². The normalized spacial score (nSPS) is 9.97. The molecule has 174 valence electrons. The van der Waals surface area contributed by atoms with Gasteiger partial charge in [-0.15, -0.1) is 15.8 Å². The van der Waals surface area contributed by atoms with Crippen LogP contribution in [0.1, 0.15) is 92.3 Å². The summed E-state index contributed by atoms with van der Waals surface area (Å²) in [4.78, 5) is 4.45. The Morgan fingerprint density at radius 2 is 1.65 bits per heavy atom. The Kier molecular flexibility index (Phi) is 19.2. The number of aryl methyl sites for hydroxylation is 1. The third-order valence-electron chi connectivity index (χ3n) is 4.50. The van der Waals surface area contributed by atoms with E-state index in [0.29, 0.717) is 5.56 Å². The van der Waals surface area contributed by atoms with Crippen molar-refractivity contribution in [1.82, 2.24) is 4.98 Å². The van der Waals surface area contributed by atoms with Crippen LogP contribution in [0.15, 0.2) is 48.7 Å². The quantitative estimate of drug-likeness (QED) is 0.330. The molecule has 0 bridgehead atoms. The molecule has 1 heterocycles. The Labute approximate surface area is 194 Å². The van der Waals surface area contributed by atoms with Gasteiger partial charge < -0.3 is 0 Å². The van der Waals surface area contributed by atoms with Gasteiger partial charge >= 0.3 is 0 Å². The van der Waals surface area contributed by atoms with E-state index in [1.807, 2.05) is 59.8 Å². The first kappa shape index (κ1) is 31.4. The molecule has 0 N–H and O–H groups in total. The minimum absolute atomic E-state index is 0.218. The number of pyridine rings is 1. The van der Waals surface area contributed by atoms with Crippen molar-refractivity contribution < 1.29 is 4.39 Å². The first-order chi connectivity index (χ1) is 14.7. The molecule has 1 atom stereocenters. The fourth-order valence-corrected chi connectivity index (χ4v) is 2.63. The number of aromatic nitrogens is 1. The molecule has 31 heavy (non-hydrogen) atoms. The van der Waals surface area contributed by atoms with Gasteiger partial charge in [0.15, 0.2) is 0 Å². The van der Waals surface area contributed by atoms with Crippen molar-refractivity contribution in [2.75, 3.05) is 0 Å². The Balaban J connectivity index is 0. The van der Waals surface area contributed by atoms with E-state index in [-0.39, 0.29) is 5.82 Å². The lowest BCUT2D eigenvalue weighted by Gasteiger charge is -2.09. The number of allylic oxidation sites excluding steroid dienone is 3. The molecule has 0 fully saturated rings. The van der Waals surface area contributed by atoms with Crippen molar-refractivity contribution >= 4 is 20.1 Å². The van der Waals surface area contributed by atoms with E-state index in [1.54, 1.807) is 12.3 Å². The van der Waals surface area contributed by atoms with Crippen molar-refractivity contribution in [2.45, 2.75) is 88.0 Å². The fraction of sp³-hybridized carbons (Fsp3) is 0.464. The molecular weight excluding hydrogens is 400 g/mol. The Hall–Kier alpha value is -1.79. The highest BCUT2D eigenvalue weighted by Crippen LogP contribution is 2.25. The van der Waals surface area contributed by atoms with E-state index < -0.39 is 0 Å². The van der Waals surface area contributed by atoms with Crippen LogP contribution in [0.3, 0.4) is 0 Å². The van der Waals surface area contributed by atoms with Crippen LogP contribution in [0, 0.1) is 12.7 Å². The Morgan fingerprint density at radius 1 is 1.10 bits per heavy atom. The summed E-state index contributed by atoms with van der Waals surface area (Å²) in [7, 11) is 2.50. The van der Waals surface area contributed by atoms with E-state index in [1.165, 1.54) is 30.9 Å². The van der Waals surface area contributed by atoms with Crippen molar-refractivity contribution in [3.63, 3.8) is 0 Å². The maximum Gasteiger partial charge on any atom is 0.131 e. The summed E-state index contributed by atoms with van der Waals surface area (Å²) >= 11 is 0. The highest BCUT2D eigenvalue weighted by molar-refractivity contribution is 7.27. The third kappa shape index (κ3) is 13.3. The molecule has 0 amide bonds. The lowest BCUT2D eigenvalue weighted by atomic mass is 10.0. The van der Waals surface area contributed by atoms with Crippen LogP contribution >= 0.6 is 9.24 Å². The predicted molar refractivity (Wildman–Crippen MR) is 145 cm³/mol. The van der Waals surface area contributed by atoms with E-state index in [4.69, 9.17) is 0 Å². The van der Waals surface area contributed by atoms with Crippen LogP contribution < -0.4 is 5.30 Å². The molecule has 2 aromatic rings. The molecular formula is C28H45FNP. The van der Waals surface area contributed by atoms with Gasteiger partial charge in [0.05, 0.1) is 5.69 Å². The third-order valence-corrected chi connectivity index (χ3v) is 4.86. The predicted octanol–water partition coefficient (Wildman–Crippen LogP) is 9.31. The van der Waals surface area contributed by atoms with Gasteiger partial charge in [-0.25, -0.2) is 4.39 Å². The first-order valence-corrected chi connectivity index (χ1v) is 12.1. The zero-order valence-electron chi connectivity index (χ0n) is 21.4. The minimum Gasteiger partial charge on any atom is -0.256 e. The van der Waals surface area contributed by atoms with Crippen LogP contribution in [-0.2, 0) is 0 Å². The maximum absolute atomic E-state index is 13.9. The van der Waals surface area contributed by atoms with Gasteiger partial charge in [0.2, 0.25) is 0 Å². The number of unbranched alkanes of at least 4 members (excludes halogenated alkanes) is 2. The Bertz CT molecular complexity index is 792. The molecule has 1 nitrogen and oxygen atoms in total. The summed E-state index contributed by atoms with van der Waals surface area (Å²) < 4.78 is 13.9. The second kappa shape index (κ2) is 18.9. The van der Waals surface area contributed by atoms with Crippen LogP contribution in [0.4, 0.5) is 4.39 Å². The van der Waals surface area contributed by atoms with E-state index >= 15 is 0 Å². The Morgan fingerprint density at radius 3 is 2.00 bits per heavy atom. The number of benzene rings is 1. The molecule has 0 radical (unpaired) electrons. The van der Waals surface area contributed by atoms with Crippen LogP contribution in [0.2, 0.25) is 0 Å². The number of hydrogen-bond acceptors (Lipinski definition) is 1. The standard InChI is InChI=1S/C16H17FNP.C5H10.C5H12.C2H6/c1-4-10(2)16-11(3)7-12(9-18-16)14-6-5-13(19)8-15(14)17;1-4-5(2)3;1-3-5-4-2;1-2/h4-9H,19H2,1-3H3;2,4H2,1,3H3;3-5H2,1-2H3;1-2H3/b10-4-;;;. The highest BCUT2D eigenvalue weighted by Gasteiger charge is 2.08. The van der Waals surface area contributed by atoms with Gasteiger partial charge in [0, 0.05) is 17.3 Å². The lowest BCUT2D eigenvalue weighted by Crippen LogP contribution is -1.96. The van der Waals surface area contributed by atoms with E-state index in [0.717, 1.165) is 34.1 Å². The zero-order chi connectivity index (χ0) is 24.4. The van der Waals surface area contributed by atoms with Crippen LogP contribution in [-0.4, -0.2) is 4.98 Å². The fourth-order valence-electron chi connectivity index (χ4n) is 2.39. The van der Waals surface area contributed by atoms with Crippen LogP contribution in [0.5, 0.6) is 0 Å². The molecule has 0 spiro atoms. The molecule has 3 heteroatoms. The first-order valence-electron chi connectivity index (χ1n) is 11.5. The van der Waals surface area contributed by atoms with Crippen LogP contribution in [0.25, 0.3) is 16.7 Å². The summed E-state index contributed by atoms with van der Waals surface area (Å²) in [6, 6.07) is 7.16. The van der Waals surface area contributed by atoms with Gasteiger partial charge in [-0.05, 0) is 62.7 Å². The number of rotatable bonds is 5. The monoisotopic (exact) mass is 445 g/mol. The SMILES string of the molecule is C/C=C(/C)c1ncc(-c2ccc(P)cc2F)cc1C.C=C(C)CC.CC.CCCCC. The van der Waals surface area contributed by atoms with E-state index in [9.17, 15) is 4.39 Å². The molecule has 0 aliphatic rings. The minimum atomic E-state index is -0.218. The van der Waals surface area contributed by atoms with Crippen molar-refractivity contribution in [3.8, 4) is 11.1 Å². The summed E-state index contributed by atoms with van der Waals surface area (Å²) in [5.74, 6) is -0.218. The number of nitrogens with zero attached hydrogens (tertiary/aromatic N) is 1. The van der Waals surface area contributed by atoms with Gasteiger partial charge in [0.25, 0.3) is 0 Å². The average Bonchev–Trinajstić information content (AvgIpc) is 2.76. The molecule has 0 saturated carbocycles. The molecule has 0 saturated heterocycles. The number of halogens is 1. The highest BCUT2D eigenvalue weighted by atomic mass is 31.0. The molecule has 0 aliphatic carbocycles. The molecule has 1 aromatic carbocycles. The van der Waals surface area contributed by atoms with E-state index in [2.05, 4.69) is 41.6 Å². The summed E-state index contributed by atoms with van der Waals surface area (Å²) in [5.41, 5.74) is 5.81. The second-order valence-electron chi connectivity index (χ2n) is 7.26. The summed E-state index contributed by atoms with van der Waals surface area (Å²) in [5, 5.41) is 0.840. The van der Waals surface area contributed by atoms with Gasteiger partial charge in [-0.3, -0.25) is 4.98 Å². The van der Waals surface area contributed by atoms with Gasteiger partial charge in [-0.1, -0.05) is 77.7 Å². The maximum atomic E-state index is 13.9. The summed E-state index contributed by atoms with van der Waals surface area (Å²) in [6.45, 7) is 22.2. The average molecular weight is 446 g/mol. The molecule has 1 aromatic heterocycles. The molecule has 1 unspecified atom stereocenters. The smallest absolute Gasteiger partial charge is 0.131 e. The molecule has 2 rings (SSSR count). The van der Waals surface area contributed by atoms with Gasteiger partial charge in [-0.2, -0.15) is 0 Å². The topological polar surface area (TPSA) is 12.9 Å². The largest absolute Gasteiger partial charge is 0.256 e. The number of hydrogen-bond donors (Lipinski definition) is 0. The van der Waals surface area contributed by atoms with Crippen molar-refractivity contribution in [1.29, 1.82) is 0 Å². The summed E-state index contributed by atoms with van der Waals surface area (Å²) in [6.07, 6.45) is 8.95. The lowest BCUT2D eigenvalue weighted by molar-refractivity contribution is 0.632. The van der Waals surface area contributed by atoms with Crippen molar-refractivity contribution in [2.24, 2.45) is 0 Å². The van der Waals surface area contributed by atoms with Gasteiger partial charge in [0.1, 0.15) is 5.82 Å².